The number of hydrogen-bond donors (Lipinski definition) is 2. The van der Waals surface area contributed by atoms with Crippen molar-refractivity contribution in [3.8, 4) is 5.75 Å². The summed E-state index contributed by atoms with van der Waals surface area (Å²) < 4.78 is 82.3. The highest BCUT2D eigenvalue weighted by Crippen LogP contribution is 2.37. The van der Waals surface area contributed by atoms with Crippen LogP contribution >= 0.6 is 0 Å². The Bertz CT molecular complexity index is 891. The Kier molecular flexibility index (Phi) is 6.63. The number of methoxy groups -OCH3 is 1. The molecule has 5 nitrogen and oxygen atoms in total. The van der Waals surface area contributed by atoms with Crippen molar-refractivity contribution in [3.05, 3.63) is 59.2 Å². The highest BCUT2D eigenvalue weighted by atomic mass is 19.4. The summed E-state index contributed by atoms with van der Waals surface area (Å²) in [5, 5.41) is 4.08. The molecular weight excluding hydrogens is 418 g/mol. The van der Waals surface area contributed by atoms with Gasteiger partial charge in [0.2, 0.25) is 0 Å². The highest BCUT2D eigenvalue weighted by Gasteiger charge is 2.37. The van der Waals surface area contributed by atoms with Gasteiger partial charge in [-0.2, -0.15) is 26.3 Å². The molecule has 2 aromatic carbocycles. The molecule has 0 saturated carbocycles. The number of alkyl halides is 6. The quantitative estimate of drug-likeness (QED) is 0.548. The van der Waals surface area contributed by atoms with E-state index in [1.807, 2.05) is 0 Å². The number of ether oxygens (including phenoxy) is 1. The predicted molar refractivity (Wildman–Crippen MR) is 94.6 cm³/mol. The average molecular weight is 434 g/mol. The molecule has 0 spiro atoms. The molecule has 2 N–H and O–H groups in total. The maximum atomic E-state index is 12.9. The summed E-state index contributed by atoms with van der Waals surface area (Å²) in [5.41, 5.74) is -3.44. The van der Waals surface area contributed by atoms with Crippen LogP contribution in [0.15, 0.2) is 42.5 Å². The van der Waals surface area contributed by atoms with Gasteiger partial charge in [-0.25, -0.2) is 0 Å². The van der Waals surface area contributed by atoms with Crippen LogP contribution in [0.5, 0.6) is 5.75 Å². The predicted octanol–water partition coefficient (Wildman–Crippen LogP) is 4.55. The molecule has 0 aliphatic heterocycles. The molecule has 0 aliphatic carbocycles. The van der Waals surface area contributed by atoms with E-state index < -0.39 is 47.0 Å². The molecule has 1 unspecified atom stereocenters. The van der Waals surface area contributed by atoms with E-state index in [9.17, 15) is 35.9 Å². The molecule has 0 bridgehead atoms. The first-order valence-electron chi connectivity index (χ1n) is 8.36. The van der Waals surface area contributed by atoms with E-state index in [0.717, 1.165) is 0 Å². The van der Waals surface area contributed by atoms with Gasteiger partial charge in [0.25, 0.3) is 0 Å². The van der Waals surface area contributed by atoms with Crippen LogP contribution in [0.1, 0.15) is 29.7 Å². The zero-order chi connectivity index (χ0) is 22.7. The smallest absolute Gasteiger partial charge is 0.416 e. The van der Waals surface area contributed by atoms with Gasteiger partial charge in [0.15, 0.2) is 0 Å². The van der Waals surface area contributed by atoms with Crippen molar-refractivity contribution in [2.45, 2.75) is 25.3 Å². The van der Waals surface area contributed by atoms with Crippen molar-refractivity contribution in [1.29, 1.82) is 0 Å². The normalized spacial score (nSPS) is 12.8. The standard InChI is InChI=1S/C19H16F6N2O3/c1-10(11-3-5-15(30-2)6-4-11)26-16(28)17(29)27-14-8-12(18(20,21)22)7-13(9-14)19(23,24)25/h3-10H,1-2H3,(H,26,28)(H,27,29). The van der Waals surface area contributed by atoms with Crippen LogP contribution in [0.25, 0.3) is 0 Å². The lowest BCUT2D eigenvalue weighted by Crippen LogP contribution is -2.37. The Balaban J connectivity index is 2.16. The lowest BCUT2D eigenvalue weighted by Gasteiger charge is -2.16. The molecule has 2 rings (SSSR count). The van der Waals surface area contributed by atoms with Gasteiger partial charge in [-0.15, -0.1) is 0 Å². The number of carbonyl (C=O) groups is 2. The van der Waals surface area contributed by atoms with Crippen molar-refractivity contribution in [2.24, 2.45) is 0 Å². The summed E-state index contributed by atoms with van der Waals surface area (Å²) in [6.45, 7) is 1.54. The Morgan fingerprint density at radius 2 is 1.37 bits per heavy atom. The van der Waals surface area contributed by atoms with E-state index in [2.05, 4.69) is 5.32 Å². The zero-order valence-corrected chi connectivity index (χ0v) is 15.6. The Morgan fingerprint density at radius 3 is 1.80 bits per heavy atom. The van der Waals surface area contributed by atoms with Gasteiger partial charge >= 0.3 is 24.2 Å². The first-order chi connectivity index (χ1) is 13.8. The zero-order valence-electron chi connectivity index (χ0n) is 15.6. The second kappa shape index (κ2) is 8.64. The van der Waals surface area contributed by atoms with Gasteiger partial charge in [0, 0.05) is 5.69 Å². The number of rotatable bonds is 4. The number of halogens is 6. The van der Waals surface area contributed by atoms with Crippen LogP contribution in [0.2, 0.25) is 0 Å². The van der Waals surface area contributed by atoms with Crippen LogP contribution in [-0.2, 0) is 21.9 Å². The summed E-state index contributed by atoms with van der Waals surface area (Å²) in [6.07, 6.45) is -10.2. The Hall–Kier alpha value is -3.24. The van der Waals surface area contributed by atoms with Gasteiger partial charge in [-0.1, -0.05) is 12.1 Å². The van der Waals surface area contributed by atoms with Crippen molar-refractivity contribution >= 4 is 17.5 Å². The second-order valence-electron chi connectivity index (χ2n) is 6.22. The second-order valence-corrected chi connectivity index (χ2v) is 6.22. The summed E-state index contributed by atoms with van der Waals surface area (Å²) in [5.74, 6) is -2.09. The average Bonchev–Trinajstić information content (AvgIpc) is 2.66. The minimum atomic E-state index is -5.08. The third-order valence-electron chi connectivity index (χ3n) is 4.02. The van der Waals surface area contributed by atoms with Crippen molar-refractivity contribution in [1.82, 2.24) is 5.32 Å². The van der Waals surface area contributed by atoms with Crippen LogP contribution in [0.3, 0.4) is 0 Å². The number of amides is 2. The number of carbonyl (C=O) groups excluding carboxylic acids is 2. The third-order valence-corrected chi connectivity index (χ3v) is 4.02. The maximum absolute atomic E-state index is 12.9. The topological polar surface area (TPSA) is 67.4 Å². The fourth-order valence-corrected chi connectivity index (χ4v) is 2.45. The molecule has 0 heterocycles. The number of benzene rings is 2. The number of nitrogens with one attached hydrogen (secondary N) is 2. The van der Waals surface area contributed by atoms with Gasteiger partial charge in [-0.05, 0) is 42.8 Å². The first kappa shape index (κ1) is 23.0. The van der Waals surface area contributed by atoms with Crippen LogP contribution in [-0.4, -0.2) is 18.9 Å². The summed E-state index contributed by atoms with van der Waals surface area (Å²) >= 11 is 0. The van der Waals surface area contributed by atoms with Gasteiger partial charge < -0.3 is 15.4 Å². The van der Waals surface area contributed by atoms with E-state index >= 15 is 0 Å². The number of anilines is 1. The molecule has 11 heteroatoms. The molecule has 0 aliphatic rings. The Morgan fingerprint density at radius 1 is 0.867 bits per heavy atom. The van der Waals surface area contributed by atoms with Gasteiger partial charge in [0.05, 0.1) is 24.3 Å². The van der Waals surface area contributed by atoms with Crippen LogP contribution in [0.4, 0.5) is 32.0 Å². The molecule has 30 heavy (non-hydrogen) atoms. The molecule has 0 fully saturated rings. The van der Waals surface area contributed by atoms with E-state index in [0.29, 0.717) is 23.4 Å². The minimum Gasteiger partial charge on any atom is -0.497 e. The molecular formula is C19H16F6N2O3. The molecule has 2 amide bonds. The molecule has 0 aromatic heterocycles. The van der Waals surface area contributed by atoms with E-state index in [4.69, 9.17) is 4.74 Å². The number of hydrogen-bond acceptors (Lipinski definition) is 3. The molecule has 162 valence electrons. The summed E-state index contributed by atoms with van der Waals surface area (Å²) in [6, 6.07) is 6.33. The van der Waals surface area contributed by atoms with Crippen LogP contribution in [0, 0.1) is 0 Å². The molecule has 0 saturated heterocycles. The van der Waals surface area contributed by atoms with Gasteiger partial charge in [0.1, 0.15) is 5.75 Å². The molecule has 2 aromatic rings. The Labute approximate surface area is 167 Å². The van der Waals surface area contributed by atoms with Crippen molar-refractivity contribution in [3.63, 3.8) is 0 Å². The lowest BCUT2D eigenvalue weighted by atomic mass is 10.1. The third kappa shape index (κ3) is 5.88. The maximum Gasteiger partial charge on any atom is 0.416 e. The largest absolute Gasteiger partial charge is 0.497 e. The van der Waals surface area contributed by atoms with E-state index in [-0.39, 0.29) is 6.07 Å². The highest BCUT2D eigenvalue weighted by molar-refractivity contribution is 6.39. The first-order valence-corrected chi connectivity index (χ1v) is 8.36. The fourth-order valence-electron chi connectivity index (χ4n) is 2.45. The van der Waals surface area contributed by atoms with Crippen molar-refractivity contribution < 1.29 is 40.7 Å². The molecule has 1 atom stereocenters. The van der Waals surface area contributed by atoms with Crippen LogP contribution < -0.4 is 15.4 Å². The summed E-state index contributed by atoms with van der Waals surface area (Å²) in [7, 11) is 1.46. The van der Waals surface area contributed by atoms with Crippen molar-refractivity contribution in [2.75, 3.05) is 12.4 Å². The van der Waals surface area contributed by atoms with Gasteiger partial charge in [-0.3, -0.25) is 9.59 Å². The van der Waals surface area contributed by atoms with E-state index in [1.165, 1.54) is 7.11 Å². The minimum absolute atomic E-state index is 0.0819. The SMILES string of the molecule is COc1ccc(C(C)NC(=O)C(=O)Nc2cc(C(F)(F)F)cc(C(F)(F)F)c2)cc1. The van der Waals surface area contributed by atoms with E-state index in [1.54, 1.807) is 36.5 Å². The fraction of sp³-hybridized carbons (Fsp3) is 0.263. The summed E-state index contributed by atoms with van der Waals surface area (Å²) in [4.78, 5) is 24.0. The monoisotopic (exact) mass is 434 g/mol. The lowest BCUT2D eigenvalue weighted by molar-refractivity contribution is -0.143. The molecule has 0 radical (unpaired) electrons.